The van der Waals surface area contributed by atoms with Gasteiger partial charge in [-0.05, 0) is 29.8 Å². The largest absolute Gasteiger partial charge is 0.506 e. The van der Waals surface area contributed by atoms with Crippen LogP contribution in [0.5, 0.6) is 0 Å². The van der Waals surface area contributed by atoms with E-state index in [0.717, 1.165) is 21.8 Å². The molecular weight excluding hydrogens is 312 g/mol. The van der Waals surface area contributed by atoms with E-state index in [1.807, 2.05) is 0 Å². The molecule has 0 atom stereocenters. The minimum atomic E-state index is -3.90. The quantitative estimate of drug-likeness (QED) is 0.923. The number of halogens is 2. The molecule has 1 aliphatic heterocycles. The van der Waals surface area contributed by atoms with Gasteiger partial charge in [-0.25, -0.2) is 17.2 Å². The summed E-state index contributed by atoms with van der Waals surface area (Å²) in [5.74, 6) is -2.39. The molecule has 0 bridgehead atoms. The molecule has 2 aromatic rings. The Morgan fingerprint density at radius 2 is 1.77 bits per heavy atom. The summed E-state index contributed by atoms with van der Waals surface area (Å²) in [6, 6.07) is 9.62. The van der Waals surface area contributed by atoms with E-state index < -0.39 is 21.7 Å². The fourth-order valence-electron chi connectivity index (χ4n) is 2.29. The lowest BCUT2D eigenvalue weighted by atomic mass is 10.1. The van der Waals surface area contributed by atoms with Gasteiger partial charge in [0.2, 0.25) is 0 Å². The summed E-state index contributed by atoms with van der Waals surface area (Å²) in [4.78, 5) is 0. The first-order valence-corrected chi connectivity index (χ1v) is 7.85. The number of aliphatic hydroxyl groups is 1. The van der Waals surface area contributed by atoms with Crippen LogP contribution in [0, 0.1) is 11.6 Å². The lowest BCUT2D eigenvalue weighted by Gasteiger charge is -2.28. The molecule has 1 heterocycles. The zero-order chi connectivity index (χ0) is 15.9. The lowest BCUT2D eigenvalue weighted by molar-refractivity contribution is 0.506. The van der Waals surface area contributed by atoms with Gasteiger partial charge in [-0.1, -0.05) is 18.2 Å². The molecule has 1 N–H and O–H groups in total. The summed E-state index contributed by atoms with van der Waals surface area (Å²) in [6.07, 6.45) is 0. The van der Waals surface area contributed by atoms with Crippen LogP contribution in [0.15, 0.2) is 47.9 Å². The van der Waals surface area contributed by atoms with Crippen LogP contribution in [0.2, 0.25) is 0 Å². The van der Waals surface area contributed by atoms with Gasteiger partial charge in [-0.15, -0.1) is 0 Å². The van der Waals surface area contributed by atoms with Gasteiger partial charge in [-0.3, -0.25) is 4.31 Å². The van der Waals surface area contributed by atoms with Crippen LogP contribution < -0.4 is 4.31 Å². The van der Waals surface area contributed by atoms with Gasteiger partial charge < -0.3 is 5.11 Å². The highest BCUT2D eigenvalue weighted by Crippen LogP contribution is 2.34. The van der Waals surface area contributed by atoms with Crippen molar-refractivity contribution in [1.82, 2.24) is 0 Å². The van der Waals surface area contributed by atoms with E-state index in [4.69, 9.17) is 0 Å². The monoisotopic (exact) mass is 323 g/mol. The molecule has 114 valence electrons. The van der Waals surface area contributed by atoms with Crippen molar-refractivity contribution >= 4 is 21.5 Å². The Hall–Kier alpha value is -2.41. The number of benzene rings is 2. The third-order valence-electron chi connectivity index (χ3n) is 3.33. The second-order valence-electron chi connectivity index (χ2n) is 4.82. The molecule has 0 saturated heterocycles. The van der Waals surface area contributed by atoms with Gasteiger partial charge in [0.1, 0.15) is 5.76 Å². The third-order valence-corrected chi connectivity index (χ3v) is 4.79. The molecule has 0 saturated carbocycles. The van der Waals surface area contributed by atoms with Gasteiger partial charge in [0.05, 0.1) is 17.6 Å². The maximum atomic E-state index is 13.3. The highest BCUT2D eigenvalue weighted by Gasteiger charge is 2.29. The molecule has 0 unspecified atom stereocenters. The van der Waals surface area contributed by atoms with Crippen molar-refractivity contribution in [3.05, 3.63) is 70.6 Å². The van der Waals surface area contributed by atoms with Crippen LogP contribution in [0.1, 0.15) is 11.1 Å². The molecular formula is C15H11F2NO3S. The Morgan fingerprint density at radius 3 is 2.50 bits per heavy atom. The third kappa shape index (κ3) is 2.43. The highest BCUT2D eigenvalue weighted by atomic mass is 32.2. The van der Waals surface area contributed by atoms with Crippen LogP contribution in [-0.4, -0.2) is 13.5 Å². The Labute approximate surface area is 126 Å². The highest BCUT2D eigenvalue weighted by molar-refractivity contribution is 7.95. The average molecular weight is 323 g/mol. The van der Waals surface area contributed by atoms with E-state index in [-0.39, 0.29) is 18.0 Å². The molecule has 0 fully saturated rings. The van der Waals surface area contributed by atoms with E-state index >= 15 is 0 Å². The first-order valence-electron chi connectivity index (χ1n) is 6.35. The standard InChI is InChI=1S/C15H11F2NO3S/c16-12-6-5-10(7-13(12)17)8-18-14-4-2-1-3-11(14)15(19)9-22(18,20)21/h1-7,9,19H,8H2. The fraction of sp³-hybridized carbons (Fsp3) is 0.0667. The summed E-state index contributed by atoms with van der Waals surface area (Å²) in [7, 11) is -3.90. The molecule has 7 heteroatoms. The molecule has 0 amide bonds. The van der Waals surface area contributed by atoms with Crippen LogP contribution in [0.4, 0.5) is 14.5 Å². The van der Waals surface area contributed by atoms with Crippen molar-refractivity contribution in [3.8, 4) is 0 Å². The molecule has 0 spiro atoms. The Balaban J connectivity index is 2.07. The second-order valence-corrected chi connectivity index (χ2v) is 6.53. The smallest absolute Gasteiger partial charge is 0.261 e. The number of rotatable bonds is 2. The van der Waals surface area contributed by atoms with Crippen LogP contribution in [0.3, 0.4) is 0 Å². The molecule has 0 aliphatic carbocycles. The number of hydrogen-bond acceptors (Lipinski definition) is 3. The van der Waals surface area contributed by atoms with Crippen molar-refractivity contribution in [1.29, 1.82) is 0 Å². The van der Waals surface area contributed by atoms with E-state index in [1.165, 1.54) is 12.1 Å². The molecule has 4 nitrogen and oxygen atoms in total. The summed E-state index contributed by atoms with van der Waals surface area (Å²) in [5.41, 5.74) is 0.944. The summed E-state index contributed by atoms with van der Waals surface area (Å²) in [5, 5.41) is 10.6. The Morgan fingerprint density at radius 1 is 1.05 bits per heavy atom. The SMILES string of the molecule is O=S1(=O)C=C(O)c2ccccc2N1Cc1ccc(F)c(F)c1. The maximum Gasteiger partial charge on any atom is 0.261 e. The minimum Gasteiger partial charge on any atom is -0.506 e. The first-order chi connectivity index (χ1) is 10.4. The van der Waals surface area contributed by atoms with E-state index in [9.17, 15) is 22.3 Å². The van der Waals surface area contributed by atoms with Crippen molar-refractivity contribution in [2.75, 3.05) is 4.31 Å². The predicted octanol–water partition coefficient (Wildman–Crippen LogP) is 3.17. The first kappa shape index (κ1) is 14.5. The van der Waals surface area contributed by atoms with E-state index in [0.29, 0.717) is 11.1 Å². The second kappa shape index (κ2) is 5.10. The van der Waals surface area contributed by atoms with Gasteiger partial charge in [-0.2, -0.15) is 0 Å². The summed E-state index contributed by atoms with van der Waals surface area (Å²) in [6.45, 7) is -0.166. The van der Waals surface area contributed by atoms with Crippen molar-refractivity contribution < 1.29 is 22.3 Å². The van der Waals surface area contributed by atoms with Gasteiger partial charge in [0.25, 0.3) is 10.0 Å². The van der Waals surface area contributed by atoms with Gasteiger partial charge in [0.15, 0.2) is 11.6 Å². The number of sulfonamides is 1. The van der Waals surface area contributed by atoms with Crippen molar-refractivity contribution in [2.45, 2.75) is 6.54 Å². The maximum absolute atomic E-state index is 13.3. The number of hydrogen-bond donors (Lipinski definition) is 1. The summed E-state index contributed by atoms with van der Waals surface area (Å²) >= 11 is 0. The Kier molecular flexibility index (Phi) is 3.37. The summed E-state index contributed by atoms with van der Waals surface area (Å²) < 4.78 is 51.8. The fourth-order valence-corrected chi connectivity index (χ4v) is 3.59. The zero-order valence-electron chi connectivity index (χ0n) is 11.2. The molecule has 1 aliphatic rings. The molecule has 22 heavy (non-hydrogen) atoms. The number of anilines is 1. The number of nitrogens with zero attached hydrogens (tertiary/aromatic N) is 1. The predicted molar refractivity (Wildman–Crippen MR) is 78.5 cm³/mol. The van der Waals surface area contributed by atoms with Crippen LogP contribution in [0.25, 0.3) is 5.76 Å². The lowest BCUT2D eigenvalue weighted by Crippen LogP contribution is -2.32. The van der Waals surface area contributed by atoms with E-state index in [2.05, 4.69) is 0 Å². The average Bonchev–Trinajstić information content (AvgIpc) is 2.46. The van der Waals surface area contributed by atoms with Crippen LogP contribution >= 0.6 is 0 Å². The van der Waals surface area contributed by atoms with Gasteiger partial charge in [0, 0.05) is 5.56 Å². The molecule has 0 aromatic heterocycles. The van der Waals surface area contributed by atoms with Crippen molar-refractivity contribution in [2.24, 2.45) is 0 Å². The minimum absolute atomic E-state index is 0.166. The molecule has 0 radical (unpaired) electrons. The number of para-hydroxylation sites is 1. The zero-order valence-corrected chi connectivity index (χ0v) is 12.0. The van der Waals surface area contributed by atoms with Gasteiger partial charge >= 0.3 is 0 Å². The van der Waals surface area contributed by atoms with Crippen molar-refractivity contribution in [3.63, 3.8) is 0 Å². The topological polar surface area (TPSA) is 57.6 Å². The van der Waals surface area contributed by atoms with Crippen LogP contribution in [-0.2, 0) is 16.6 Å². The number of aliphatic hydroxyl groups excluding tert-OH is 1. The Bertz CT molecular complexity index is 878. The molecule has 3 rings (SSSR count). The number of fused-ring (bicyclic) bond motifs is 1. The molecule has 2 aromatic carbocycles. The normalized spacial score (nSPS) is 16.1. The van der Waals surface area contributed by atoms with E-state index in [1.54, 1.807) is 18.2 Å².